The maximum absolute atomic E-state index is 4.94. The topological polar surface area (TPSA) is 51.8 Å². The van der Waals surface area contributed by atoms with E-state index in [1.165, 1.54) is 12.7 Å². The summed E-state index contributed by atoms with van der Waals surface area (Å²) in [7, 11) is 0. The fourth-order valence-corrected chi connectivity index (χ4v) is 0.809. The van der Waals surface area contributed by atoms with Gasteiger partial charge in [0.1, 0.15) is 6.33 Å². The summed E-state index contributed by atoms with van der Waals surface area (Å²) in [6.07, 6.45) is 2.83. The van der Waals surface area contributed by atoms with Gasteiger partial charge in [-0.1, -0.05) is 0 Å². The Bertz CT molecular complexity index is 355. The maximum Gasteiger partial charge on any atom is 0.250 e. The van der Waals surface area contributed by atoms with Crippen LogP contribution in [0.15, 0.2) is 17.1 Å². The minimum absolute atomic E-state index is 0.549. The van der Waals surface area contributed by atoms with Crippen molar-refractivity contribution in [1.29, 1.82) is 0 Å². The Hall–Kier alpha value is -1.45. The molecular weight excluding hydrogens is 130 g/mol. The van der Waals surface area contributed by atoms with Gasteiger partial charge in [0.05, 0.1) is 5.69 Å². The van der Waals surface area contributed by atoms with Crippen molar-refractivity contribution in [1.82, 2.24) is 15.0 Å². The number of fused-ring (bicyclic) bond motifs is 1. The van der Waals surface area contributed by atoms with E-state index in [4.69, 9.17) is 4.42 Å². The van der Waals surface area contributed by atoms with Gasteiger partial charge in [-0.2, -0.15) is 4.98 Å². The van der Waals surface area contributed by atoms with Gasteiger partial charge in [0, 0.05) is 0 Å². The molecule has 0 atom stereocenters. The highest BCUT2D eigenvalue weighted by Crippen LogP contribution is 2.09. The van der Waals surface area contributed by atoms with E-state index in [-0.39, 0.29) is 0 Å². The average molecular weight is 135 g/mol. The molecule has 0 aliphatic rings. The van der Waals surface area contributed by atoms with Gasteiger partial charge in [-0.25, -0.2) is 9.97 Å². The zero-order valence-corrected chi connectivity index (χ0v) is 5.40. The summed E-state index contributed by atoms with van der Waals surface area (Å²) in [6, 6.07) is 0. The van der Waals surface area contributed by atoms with Crippen LogP contribution in [-0.4, -0.2) is 15.0 Å². The van der Waals surface area contributed by atoms with Crippen LogP contribution in [0, 0.1) is 6.92 Å². The lowest BCUT2D eigenvalue weighted by molar-refractivity contribution is 0.590. The second-order valence-corrected chi connectivity index (χ2v) is 1.97. The number of rotatable bonds is 0. The van der Waals surface area contributed by atoms with Crippen molar-refractivity contribution in [3.63, 3.8) is 0 Å². The van der Waals surface area contributed by atoms with Crippen molar-refractivity contribution in [2.45, 2.75) is 6.92 Å². The second kappa shape index (κ2) is 1.76. The third-order valence-electron chi connectivity index (χ3n) is 1.32. The van der Waals surface area contributed by atoms with Gasteiger partial charge in [-0.15, -0.1) is 0 Å². The van der Waals surface area contributed by atoms with Gasteiger partial charge in [0.15, 0.2) is 11.9 Å². The standard InChI is InChI=1S/C6H5N3O/c1-4-5-6(8-2-7-4)10-3-9-5/h2-3H,1H3. The summed E-state index contributed by atoms with van der Waals surface area (Å²) in [4.78, 5) is 11.7. The van der Waals surface area contributed by atoms with Crippen LogP contribution in [0.3, 0.4) is 0 Å². The predicted octanol–water partition coefficient (Wildman–Crippen LogP) is 0.926. The van der Waals surface area contributed by atoms with Crippen LogP contribution in [0.2, 0.25) is 0 Å². The molecule has 0 saturated carbocycles. The van der Waals surface area contributed by atoms with Crippen molar-refractivity contribution >= 4 is 11.2 Å². The van der Waals surface area contributed by atoms with Crippen LogP contribution < -0.4 is 0 Å². The summed E-state index contributed by atoms with van der Waals surface area (Å²) >= 11 is 0. The second-order valence-electron chi connectivity index (χ2n) is 1.97. The van der Waals surface area contributed by atoms with Gasteiger partial charge in [-0.3, -0.25) is 0 Å². The first-order chi connectivity index (χ1) is 4.88. The Morgan fingerprint density at radius 3 is 3.00 bits per heavy atom. The number of oxazole rings is 1. The first-order valence-electron chi connectivity index (χ1n) is 2.89. The Morgan fingerprint density at radius 2 is 2.20 bits per heavy atom. The molecule has 0 N–H and O–H groups in total. The highest BCUT2D eigenvalue weighted by Gasteiger charge is 2.00. The SMILES string of the molecule is Cc1ncnc2ocnc12. The molecule has 0 aromatic carbocycles. The van der Waals surface area contributed by atoms with Crippen LogP contribution in [0.5, 0.6) is 0 Å². The van der Waals surface area contributed by atoms with Crippen molar-refractivity contribution in [3.8, 4) is 0 Å². The zero-order valence-electron chi connectivity index (χ0n) is 5.40. The molecule has 0 aliphatic carbocycles. The zero-order chi connectivity index (χ0) is 6.97. The van der Waals surface area contributed by atoms with Gasteiger partial charge >= 0.3 is 0 Å². The molecule has 2 rings (SSSR count). The molecule has 2 aromatic heterocycles. The molecule has 0 fully saturated rings. The van der Waals surface area contributed by atoms with Gasteiger partial charge in [0.25, 0.3) is 0 Å². The Morgan fingerprint density at radius 1 is 1.30 bits per heavy atom. The van der Waals surface area contributed by atoms with Crippen LogP contribution >= 0.6 is 0 Å². The minimum atomic E-state index is 0.549. The van der Waals surface area contributed by atoms with Gasteiger partial charge in [0.2, 0.25) is 5.71 Å². The quantitative estimate of drug-likeness (QED) is 0.539. The fraction of sp³-hybridized carbons (Fsp3) is 0.167. The normalized spacial score (nSPS) is 10.5. The molecule has 0 amide bonds. The molecule has 2 aromatic rings. The Kier molecular flexibility index (Phi) is 0.943. The van der Waals surface area contributed by atoms with E-state index in [1.807, 2.05) is 6.92 Å². The molecular formula is C6H5N3O. The molecule has 0 radical (unpaired) electrons. The molecule has 2 heterocycles. The molecule has 0 unspecified atom stereocenters. The first-order valence-corrected chi connectivity index (χ1v) is 2.89. The van der Waals surface area contributed by atoms with Crippen molar-refractivity contribution in [2.75, 3.05) is 0 Å². The molecule has 4 heteroatoms. The monoisotopic (exact) mass is 135 g/mol. The highest BCUT2D eigenvalue weighted by atomic mass is 16.3. The highest BCUT2D eigenvalue weighted by molar-refractivity contribution is 5.69. The maximum atomic E-state index is 4.94. The van der Waals surface area contributed by atoms with E-state index in [0.717, 1.165) is 11.2 Å². The van der Waals surface area contributed by atoms with E-state index < -0.39 is 0 Å². The van der Waals surface area contributed by atoms with Crippen LogP contribution in [-0.2, 0) is 0 Å². The van der Waals surface area contributed by atoms with Crippen LogP contribution in [0.1, 0.15) is 5.69 Å². The van der Waals surface area contributed by atoms with E-state index in [1.54, 1.807) is 0 Å². The Balaban J connectivity index is 2.95. The molecule has 4 nitrogen and oxygen atoms in total. The van der Waals surface area contributed by atoms with Crippen molar-refractivity contribution in [3.05, 3.63) is 18.4 Å². The van der Waals surface area contributed by atoms with E-state index >= 15 is 0 Å². The fourth-order valence-electron chi connectivity index (χ4n) is 0.809. The summed E-state index contributed by atoms with van der Waals surface area (Å²) in [5.41, 5.74) is 2.13. The smallest absolute Gasteiger partial charge is 0.250 e. The van der Waals surface area contributed by atoms with E-state index in [0.29, 0.717) is 5.71 Å². The predicted molar refractivity (Wildman–Crippen MR) is 34.3 cm³/mol. The van der Waals surface area contributed by atoms with Gasteiger partial charge < -0.3 is 4.42 Å². The summed E-state index contributed by atoms with van der Waals surface area (Å²) in [5, 5.41) is 0. The van der Waals surface area contributed by atoms with E-state index in [9.17, 15) is 0 Å². The van der Waals surface area contributed by atoms with Crippen LogP contribution in [0.4, 0.5) is 0 Å². The molecule has 10 heavy (non-hydrogen) atoms. The molecule has 0 saturated heterocycles. The Labute approximate surface area is 56.9 Å². The van der Waals surface area contributed by atoms with Crippen molar-refractivity contribution < 1.29 is 4.42 Å². The third-order valence-corrected chi connectivity index (χ3v) is 1.32. The average Bonchev–Trinajstić information content (AvgIpc) is 2.36. The van der Waals surface area contributed by atoms with Crippen LogP contribution in [0.25, 0.3) is 11.2 Å². The number of aromatic nitrogens is 3. The molecule has 0 aliphatic heterocycles. The number of hydrogen-bond donors (Lipinski definition) is 0. The summed E-state index contributed by atoms with van der Waals surface area (Å²) in [5.74, 6) is 0. The number of nitrogens with zero attached hydrogens (tertiary/aromatic N) is 3. The lowest BCUT2D eigenvalue weighted by Crippen LogP contribution is -1.83. The third kappa shape index (κ3) is 0.586. The first kappa shape index (κ1) is 5.34. The number of aryl methyl sites for hydroxylation is 1. The number of hydrogen-bond acceptors (Lipinski definition) is 4. The summed E-state index contributed by atoms with van der Waals surface area (Å²) < 4.78 is 4.94. The minimum Gasteiger partial charge on any atom is -0.425 e. The van der Waals surface area contributed by atoms with Gasteiger partial charge in [-0.05, 0) is 6.92 Å². The molecule has 0 spiro atoms. The lowest BCUT2D eigenvalue weighted by atomic mass is 10.4. The molecule has 50 valence electrons. The lowest BCUT2D eigenvalue weighted by Gasteiger charge is -1.87. The van der Waals surface area contributed by atoms with Crippen molar-refractivity contribution in [2.24, 2.45) is 0 Å². The molecule has 0 bridgehead atoms. The largest absolute Gasteiger partial charge is 0.425 e. The van der Waals surface area contributed by atoms with E-state index in [2.05, 4.69) is 15.0 Å². The summed E-state index contributed by atoms with van der Waals surface area (Å²) in [6.45, 7) is 1.87.